The molecule has 0 aromatic carbocycles. The Kier molecular flexibility index (Phi) is 2.85. The quantitative estimate of drug-likeness (QED) is 0.508. The molecule has 0 atom stereocenters. The van der Waals surface area contributed by atoms with E-state index >= 15 is 0 Å². The average Bonchev–Trinajstić information content (AvgIpc) is 2.58. The highest BCUT2D eigenvalue weighted by molar-refractivity contribution is 6.03. The Labute approximate surface area is 81.3 Å². The molecule has 0 radical (unpaired) electrons. The van der Waals surface area contributed by atoms with Crippen molar-refractivity contribution in [2.24, 2.45) is 7.05 Å². The van der Waals surface area contributed by atoms with Gasteiger partial charge in [-0.15, -0.1) is 0 Å². The number of rotatable bonds is 2. The van der Waals surface area contributed by atoms with Crippen LogP contribution >= 0.6 is 0 Å². The third-order valence-electron chi connectivity index (χ3n) is 1.89. The van der Waals surface area contributed by atoms with E-state index in [1.807, 2.05) is 0 Å². The van der Waals surface area contributed by atoms with Crippen LogP contribution in [-0.4, -0.2) is 30.9 Å². The van der Waals surface area contributed by atoms with Gasteiger partial charge < -0.3 is 10.6 Å². The van der Waals surface area contributed by atoms with Gasteiger partial charge in [0.05, 0.1) is 7.05 Å². The summed E-state index contributed by atoms with van der Waals surface area (Å²) in [4.78, 5) is 25.5. The van der Waals surface area contributed by atoms with E-state index in [-0.39, 0.29) is 17.5 Å². The van der Waals surface area contributed by atoms with Gasteiger partial charge in [-0.2, -0.15) is 0 Å². The van der Waals surface area contributed by atoms with Crippen molar-refractivity contribution < 1.29 is 14.2 Å². The highest BCUT2D eigenvalue weighted by Crippen LogP contribution is 1.99. The van der Waals surface area contributed by atoms with Gasteiger partial charge in [0.2, 0.25) is 17.7 Å². The molecule has 0 saturated carbocycles. The summed E-state index contributed by atoms with van der Waals surface area (Å²) in [5.74, 6) is -0.614. The minimum Gasteiger partial charge on any atom is -0.352 e. The van der Waals surface area contributed by atoms with Gasteiger partial charge in [-0.1, -0.05) is 0 Å². The molecule has 1 rings (SSSR count). The van der Waals surface area contributed by atoms with Crippen LogP contribution in [0.1, 0.15) is 21.0 Å². The van der Waals surface area contributed by atoms with Crippen molar-refractivity contribution in [3.8, 4) is 0 Å². The van der Waals surface area contributed by atoms with E-state index < -0.39 is 0 Å². The predicted octanol–water partition coefficient (Wildman–Crippen LogP) is -1.44. The first-order chi connectivity index (χ1) is 6.61. The van der Waals surface area contributed by atoms with Crippen LogP contribution < -0.4 is 15.2 Å². The maximum Gasteiger partial charge on any atom is 0.295 e. The van der Waals surface area contributed by atoms with Crippen LogP contribution in [0.2, 0.25) is 0 Å². The molecular weight excluding hydrogens is 184 g/mol. The molecule has 1 aromatic heterocycles. The highest BCUT2D eigenvalue weighted by Gasteiger charge is 2.26. The van der Waals surface area contributed by atoms with E-state index in [4.69, 9.17) is 0 Å². The zero-order chi connectivity index (χ0) is 10.7. The van der Waals surface area contributed by atoms with Crippen molar-refractivity contribution in [1.29, 1.82) is 0 Å². The molecule has 2 amide bonds. The summed E-state index contributed by atoms with van der Waals surface area (Å²) in [5.41, 5.74) is 0.571. The lowest BCUT2D eigenvalue weighted by atomic mass is 10.3. The number of H-pyrrole nitrogens is 1. The molecule has 6 heteroatoms. The summed E-state index contributed by atoms with van der Waals surface area (Å²) < 4.78 is 1.56. The molecule has 0 aliphatic carbocycles. The van der Waals surface area contributed by atoms with E-state index in [1.54, 1.807) is 17.9 Å². The van der Waals surface area contributed by atoms with Crippen molar-refractivity contribution in [2.75, 3.05) is 14.1 Å². The zero-order valence-electron chi connectivity index (χ0n) is 8.34. The number of carbonyl (C=O) groups excluding carboxylic acids is 2. The Bertz CT molecular complexity index is 369. The van der Waals surface area contributed by atoms with Gasteiger partial charge in [-0.3, -0.25) is 9.59 Å². The number of aryl methyl sites for hydroxylation is 1. The third-order valence-corrected chi connectivity index (χ3v) is 1.89. The number of nitrogens with zero attached hydrogens (tertiary/aromatic N) is 1. The number of hydrogen-bond donors (Lipinski definition) is 3. The van der Waals surface area contributed by atoms with Crippen LogP contribution in [0.5, 0.6) is 0 Å². The first kappa shape index (κ1) is 10.2. The summed E-state index contributed by atoms with van der Waals surface area (Å²) >= 11 is 0. The van der Waals surface area contributed by atoms with Gasteiger partial charge in [0.25, 0.3) is 11.8 Å². The van der Waals surface area contributed by atoms with Gasteiger partial charge >= 0.3 is 0 Å². The van der Waals surface area contributed by atoms with E-state index in [2.05, 4.69) is 15.6 Å². The van der Waals surface area contributed by atoms with Gasteiger partial charge in [0.15, 0.2) is 0 Å². The van der Waals surface area contributed by atoms with Gasteiger partial charge in [0, 0.05) is 14.1 Å². The Morgan fingerprint density at radius 2 is 1.86 bits per heavy atom. The summed E-state index contributed by atoms with van der Waals surface area (Å²) in [7, 11) is 4.72. The molecule has 6 nitrogen and oxygen atoms in total. The van der Waals surface area contributed by atoms with Crippen molar-refractivity contribution in [1.82, 2.24) is 15.6 Å². The molecule has 0 aliphatic heterocycles. The molecule has 76 valence electrons. The number of amides is 2. The van der Waals surface area contributed by atoms with Gasteiger partial charge in [-0.05, 0) is 0 Å². The molecule has 3 N–H and O–H groups in total. The second kappa shape index (κ2) is 3.91. The Hall–Kier alpha value is -1.85. The molecule has 14 heavy (non-hydrogen) atoms. The summed E-state index contributed by atoms with van der Waals surface area (Å²) in [6.45, 7) is 0. The molecule has 0 spiro atoms. The monoisotopic (exact) mass is 197 g/mol. The van der Waals surface area contributed by atoms with Crippen molar-refractivity contribution in [2.45, 2.75) is 0 Å². The fourth-order valence-electron chi connectivity index (χ4n) is 1.16. The molecule has 1 aromatic rings. The molecule has 1 heterocycles. The Morgan fingerprint density at radius 1 is 1.29 bits per heavy atom. The number of hydrogen-bond acceptors (Lipinski definition) is 2. The number of aromatic nitrogens is 2. The first-order valence-corrected chi connectivity index (χ1v) is 4.13. The molecule has 0 aliphatic rings. The smallest absolute Gasteiger partial charge is 0.295 e. The lowest BCUT2D eigenvalue weighted by molar-refractivity contribution is -0.672. The second-order valence-electron chi connectivity index (χ2n) is 2.77. The minimum absolute atomic E-state index is 0.259. The summed E-state index contributed by atoms with van der Waals surface area (Å²) in [6, 6.07) is 0. The average molecular weight is 197 g/mol. The number of aromatic amines is 1. The van der Waals surface area contributed by atoms with Crippen molar-refractivity contribution >= 4 is 11.8 Å². The fourth-order valence-corrected chi connectivity index (χ4v) is 1.16. The molecule has 0 saturated heterocycles. The lowest BCUT2D eigenvalue weighted by Crippen LogP contribution is -2.39. The second-order valence-corrected chi connectivity index (χ2v) is 2.77. The van der Waals surface area contributed by atoms with Crippen LogP contribution in [0.15, 0.2) is 6.33 Å². The summed E-state index contributed by atoms with van der Waals surface area (Å²) in [6.07, 6.45) is 1.55. The Morgan fingerprint density at radius 3 is 2.36 bits per heavy atom. The standard InChI is InChI=1S/C8H12N4O2/c1-9-7(13)5-6(8(14)10-2)12(3)4-11-5/h4H,1-3H3,(H2,9,10,13,14)/p+1. The van der Waals surface area contributed by atoms with E-state index in [0.717, 1.165) is 0 Å². The van der Waals surface area contributed by atoms with Crippen LogP contribution in [0.25, 0.3) is 0 Å². The summed E-state index contributed by atoms with van der Waals surface area (Å²) in [5, 5.41) is 4.92. The van der Waals surface area contributed by atoms with E-state index in [9.17, 15) is 9.59 Å². The molecular formula is C8H13N4O2+. The molecule has 0 bridgehead atoms. The topological polar surface area (TPSA) is 77.9 Å². The van der Waals surface area contributed by atoms with Gasteiger partial charge in [0.1, 0.15) is 0 Å². The predicted molar refractivity (Wildman–Crippen MR) is 48.7 cm³/mol. The lowest BCUT2D eigenvalue weighted by Gasteiger charge is -1.97. The van der Waals surface area contributed by atoms with Crippen LogP contribution in [0.4, 0.5) is 0 Å². The zero-order valence-corrected chi connectivity index (χ0v) is 8.34. The highest BCUT2D eigenvalue weighted by atomic mass is 16.2. The van der Waals surface area contributed by atoms with Crippen LogP contribution in [0.3, 0.4) is 0 Å². The SMILES string of the molecule is CNC(=O)c1[nH]c[n+](C)c1C(=O)NC. The van der Waals surface area contributed by atoms with Crippen molar-refractivity contribution in [3.63, 3.8) is 0 Å². The van der Waals surface area contributed by atoms with Crippen molar-refractivity contribution in [3.05, 3.63) is 17.7 Å². The number of imidazole rings is 1. The maximum absolute atomic E-state index is 11.4. The number of nitrogens with one attached hydrogen (secondary N) is 3. The molecule has 0 fully saturated rings. The van der Waals surface area contributed by atoms with E-state index in [1.165, 1.54) is 14.1 Å². The third kappa shape index (κ3) is 1.59. The maximum atomic E-state index is 11.4. The van der Waals surface area contributed by atoms with Gasteiger partial charge in [-0.25, -0.2) is 9.55 Å². The molecule has 0 unspecified atom stereocenters. The Balaban J connectivity index is 3.19. The normalized spacial score (nSPS) is 9.64. The van der Waals surface area contributed by atoms with Crippen LogP contribution in [0, 0.1) is 0 Å². The fraction of sp³-hybridized carbons (Fsp3) is 0.375. The van der Waals surface area contributed by atoms with Crippen LogP contribution in [-0.2, 0) is 7.05 Å². The number of carbonyl (C=O) groups is 2. The van der Waals surface area contributed by atoms with E-state index in [0.29, 0.717) is 5.69 Å². The minimum atomic E-state index is -0.316. The largest absolute Gasteiger partial charge is 0.352 e. The first-order valence-electron chi connectivity index (χ1n) is 4.13.